The average Bonchev–Trinajstić information content (AvgIpc) is 3.57. The number of rotatable bonds is 23. The fraction of sp³-hybridized carbons (Fsp3) is 0.385. The van der Waals surface area contributed by atoms with Gasteiger partial charge in [-0.1, -0.05) is 145 Å². The molecule has 1 aliphatic heterocycles. The van der Waals surface area contributed by atoms with E-state index in [1.807, 2.05) is 42.5 Å². The summed E-state index contributed by atoms with van der Waals surface area (Å²) in [5.74, 6) is 0.818. The van der Waals surface area contributed by atoms with Crippen LogP contribution < -0.4 is 10.2 Å². The fourth-order valence-corrected chi connectivity index (χ4v) is 8.46. The molecular formula is C52H59NO5. The minimum absolute atomic E-state index is 0.139. The lowest BCUT2D eigenvalue weighted by molar-refractivity contribution is 0.0498. The van der Waals surface area contributed by atoms with Crippen molar-refractivity contribution < 1.29 is 18.7 Å². The van der Waals surface area contributed by atoms with Crippen molar-refractivity contribution in [3.8, 4) is 28.2 Å². The Hall–Kier alpha value is -5.36. The number of ether oxygens (including phenoxy) is 2. The highest BCUT2D eigenvalue weighted by Gasteiger charge is 2.23. The number of carbonyl (C=O) groups excluding carboxylic acids is 1. The molecule has 0 bridgehead atoms. The van der Waals surface area contributed by atoms with Gasteiger partial charge in [0.25, 0.3) is 0 Å². The van der Waals surface area contributed by atoms with E-state index < -0.39 is 0 Å². The smallest absolute Gasteiger partial charge is 0.338 e. The van der Waals surface area contributed by atoms with E-state index >= 15 is 0 Å². The summed E-state index contributed by atoms with van der Waals surface area (Å²) < 4.78 is 20.8. The number of aryl methyl sites for hydroxylation is 1. The van der Waals surface area contributed by atoms with E-state index in [1.165, 1.54) is 105 Å². The van der Waals surface area contributed by atoms with Crippen LogP contribution in [0.1, 0.15) is 120 Å². The summed E-state index contributed by atoms with van der Waals surface area (Å²) in [6, 6.07) is 35.3. The van der Waals surface area contributed by atoms with E-state index in [-0.39, 0.29) is 11.4 Å². The van der Waals surface area contributed by atoms with Gasteiger partial charge in [-0.3, -0.25) is 4.79 Å². The molecule has 0 N–H and O–H groups in total. The van der Waals surface area contributed by atoms with Gasteiger partial charge in [0.2, 0.25) is 0 Å². The van der Waals surface area contributed by atoms with Crippen molar-refractivity contribution >= 4 is 38.7 Å². The largest absolute Gasteiger partial charge is 0.493 e. The summed E-state index contributed by atoms with van der Waals surface area (Å²) in [4.78, 5) is 26.3. The molecule has 2 heterocycles. The second-order valence-electron chi connectivity index (χ2n) is 15.8. The zero-order chi connectivity index (χ0) is 39.9. The highest BCUT2D eigenvalue weighted by molar-refractivity contribution is 6.09. The SMILES string of the molecule is CCCCCCCCCCCCCCCCOc1ccc2c(-c3ccccc3C(=O)OCCCCn3c4ccccc4c4ccccc43)c3ccc(=O)cc-3oc2c1. The first-order valence-electron chi connectivity index (χ1n) is 22.0. The monoisotopic (exact) mass is 777 g/mol. The number of hydrogen-bond donors (Lipinski definition) is 0. The molecule has 58 heavy (non-hydrogen) atoms. The molecule has 5 aromatic rings. The Balaban J connectivity index is 0.947. The van der Waals surface area contributed by atoms with Crippen molar-refractivity contribution in [2.75, 3.05) is 13.2 Å². The van der Waals surface area contributed by atoms with Gasteiger partial charge >= 0.3 is 5.97 Å². The minimum atomic E-state index is -0.372. The zero-order valence-electron chi connectivity index (χ0n) is 34.3. The van der Waals surface area contributed by atoms with E-state index in [0.717, 1.165) is 60.1 Å². The molecule has 1 aromatic heterocycles. The van der Waals surface area contributed by atoms with Crippen LogP contribution in [0.15, 0.2) is 118 Å². The van der Waals surface area contributed by atoms with Crippen LogP contribution in [0.4, 0.5) is 0 Å². The maximum atomic E-state index is 13.8. The topological polar surface area (TPSA) is 70.7 Å². The highest BCUT2D eigenvalue weighted by atomic mass is 16.5. The van der Waals surface area contributed by atoms with Crippen LogP contribution in [0.25, 0.3) is 55.2 Å². The number of hydrogen-bond acceptors (Lipinski definition) is 5. The number of fused-ring (bicyclic) bond motifs is 5. The molecule has 0 saturated heterocycles. The number of carbonyl (C=O) groups is 1. The summed E-state index contributed by atoms with van der Waals surface area (Å²) in [5.41, 5.74) is 5.69. The average molecular weight is 778 g/mol. The van der Waals surface area contributed by atoms with Crippen LogP contribution >= 0.6 is 0 Å². The lowest BCUT2D eigenvalue weighted by Crippen LogP contribution is -2.09. The van der Waals surface area contributed by atoms with Gasteiger partial charge in [-0.15, -0.1) is 0 Å². The fourth-order valence-electron chi connectivity index (χ4n) is 8.46. The lowest BCUT2D eigenvalue weighted by Gasteiger charge is -2.18. The predicted molar refractivity (Wildman–Crippen MR) is 239 cm³/mol. The number of unbranched alkanes of at least 4 members (excludes halogenated alkanes) is 14. The Morgan fingerprint density at radius 3 is 1.86 bits per heavy atom. The quantitative estimate of drug-likeness (QED) is 0.0367. The van der Waals surface area contributed by atoms with Crippen LogP contribution in [-0.2, 0) is 11.3 Å². The van der Waals surface area contributed by atoms with E-state index in [2.05, 4.69) is 60.0 Å². The maximum Gasteiger partial charge on any atom is 0.338 e. The summed E-state index contributed by atoms with van der Waals surface area (Å²) in [6.07, 6.45) is 20.1. The molecule has 302 valence electrons. The number of benzene rings is 5. The number of aromatic nitrogens is 1. The zero-order valence-corrected chi connectivity index (χ0v) is 34.3. The van der Waals surface area contributed by atoms with Crippen molar-refractivity contribution in [3.63, 3.8) is 0 Å². The second-order valence-corrected chi connectivity index (χ2v) is 15.8. The summed E-state index contributed by atoms with van der Waals surface area (Å²) in [5, 5.41) is 3.34. The maximum absolute atomic E-state index is 13.8. The van der Waals surface area contributed by atoms with Crippen LogP contribution in [0.3, 0.4) is 0 Å². The van der Waals surface area contributed by atoms with Crippen molar-refractivity contribution in [1.82, 2.24) is 4.57 Å². The first-order valence-corrected chi connectivity index (χ1v) is 22.0. The minimum Gasteiger partial charge on any atom is -0.493 e. The molecular weight excluding hydrogens is 719 g/mol. The second kappa shape index (κ2) is 20.9. The van der Waals surface area contributed by atoms with Gasteiger partial charge in [0.15, 0.2) is 5.43 Å². The number of esters is 1. The van der Waals surface area contributed by atoms with E-state index in [9.17, 15) is 9.59 Å². The van der Waals surface area contributed by atoms with Crippen LogP contribution in [-0.4, -0.2) is 23.8 Å². The van der Waals surface area contributed by atoms with Gasteiger partial charge in [-0.25, -0.2) is 4.79 Å². The lowest BCUT2D eigenvalue weighted by atomic mass is 9.91. The Labute approximate surface area is 343 Å². The molecule has 0 spiro atoms. The van der Waals surface area contributed by atoms with Gasteiger partial charge in [-0.05, 0) is 67.3 Å². The summed E-state index contributed by atoms with van der Waals surface area (Å²) >= 11 is 0. The van der Waals surface area contributed by atoms with Crippen molar-refractivity contribution in [2.45, 2.75) is 116 Å². The highest BCUT2D eigenvalue weighted by Crippen LogP contribution is 2.42. The molecule has 0 amide bonds. The predicted octanol–water partition coefficient (Wildman–Crippen LogP) is 14.2. The van der Waals surface area contributed by atoms with Gasteiger partial charge in [-0.2, -0.15) is 0 Å². The van der Waals surface area contributed by atoms with E-state index in [1.54, 1.807) is 12.1 Å². The molecule has 1 aliphatic carbocycles. The summed E-state index contributed by atoms with van der Waals surface area (Å²) in [7, 11) is 0. The Kier molecular flexibility index (Phi) is 14.7. The van der Waals surface area contributed by atoms with E-state index in [0.29, 0.717) is 30.1 Å². The number of nitrogens with zero attached hydrogens (tertiary/aromatic N) is 1. The standard InChI is InChI=1S/C52H59NO5/c1-2-3-4-5-6-7-8-9-10-11-12-13-14-22-35-56-40-31-33-46-50(38-40)58-49-37-39(54)30-32-45(49)51(46)43-26-15-16-27-44(43)52(55)57-36-23-21-34-53-47-28-19-17-24-41(47)42-25-18-20-29-48(42)53/h15-20,24-33,37-38H,2-14,21-23,34-36H2,1H3. The first kappa shape index (κ1) is 40.8. The van der Waals surface area contributed by atoms with Gasteiger partial charge in [0.1, 0.15) is 17.1 Å². The molecule has 0 atom stereocenters. The van der Waals surface area contributed by atoms with Gasteiger partial charge in [0, 0.05) is 57.0 Å². The Bertz CT molecular complexity index is 2370. The Morgan fingerprint density at radius 2 is 1.17 bits per heavy atom. The van der Waals surface area contributed by atoms with Gasteiger partial charge < -0.3 is 18.5 Å². The third-order valence-electron chi connectivity index (χ3n) is 11.5. The summed E-state index contributed by atoms with van der Waals surface area (Å²) in [6.45, 7) is 4.07. The van der Waals surface area contributed by atoms with Crippen molar-refractivity contribution in [2.24, 2.45) is 0 Å². The van der Waals surface area contributed by atoms with Crippen LogP contribution in [0, 0.1) is 0 Å². The molecule has 0 unspecified atom stereocenters. The third-order valence-corrected chi connectivity index (χ3v) is 11.5. The molecule has 0 saturated carbocycles. The molecule has 0 fully saturated rings. The van der Waals surface area contributed by atoms with E-state index in [4.69, 9.17) is 13.9 Å². The molecule has 7 rings (SSSR count). The van der Waals surface area contributed by atoms with Crippen molar-refractivity contribution in [3.05, 3.63) is 125 Å². The number of para-hydroxylation sites is 2. The Morgan fingerprint density at radius 1 is 0.569 bits per heavy atom. The van der Waals surface area contributed by atoms with Gasteiger partial charge in [0.05, 0.1) is 18.8 Å². The normalized spacial score (nSPS) is 11.6. The molecule has 4 aromatic carbocycles. The van der Waals surface area contributed by atoms with Crippen LogP contribution in [0.5, 0.6) is 5.75 Å². The molecule has 0 radical (unpaired) electrons. The first-order chi connectivity index (χ1) is 28.6. The third kappa shape index (κ3) is 10.2. The molecule has 6 heteroatoms. The molecule has 2 aliphatic rings. The van der Waals surface area contributed by atoms with Crippen molar-refractivity contribution in [1.29, 1.82) is 0 Å². The molecule has 6 nitrogen and oxygen atoms in total. The van der Waals surface area contributed by atoms with Crippen LogP contribution in [0.2, 0.25) is 0 Å².